The fraction of sp³-hybridized carbons (Fsp3) is 0.0476. The number of amides is 2. The van der Waals surface area contributed by atoms with E-state index in [0.29, 0.717) is 0 Å². The highest BCUT2D eigenvalue weighted by Crippen LogP contribution is 2.30. The fourth-order valence-electron chi connectivity index (χ4n) is 2.62. The first-order chi connectivity index (χ1) is 14.1. The molecule has 2 amide bonds. The number of carbonyl (C=O) groups excluding carboxylic acids is 2. The lowest BCUT2D eigenvalue weighted by molar-refractivity contribution is -0.137. The third kappa shape index (κ3) is 4.96. The normalized spacial score (nSPS) is 11.1. The van der Waals surface area contributed by atoms with Crippen molar-refractivity contribution < 1.29 is 27.2 Å². The van der Waals surface area contributed by atoms with Crippen LogP contribution in [-0.2, 0) is 6.18 Å². The summed E-state index contributed by atoms with van der Waals surface area (Å²) >= 11 is 5.86. The Morgan fingerprint density at radius 3 is 2.07 bits per heavy atom. The molecular formula is C21H13ClF4N2O2. The molecule has 0 saturated heterocycles. The molecule has 3 aromatic rings. The predicted octanol–water partition coefficient (Wildman–Crippen LogP) is 6.00. The molecule has 154 valence electrons. The predicted molar refractivity (Wildman–Crippen MR) is 105 cm³/mol. The molecule has 0 saturated carbocycles. The first kappa shape index (κ1) is 21.3. The van der Waals surface area contributed by atoms with E-state index in [9.17, 15) is 27.2 Å². The highest BCUT2D eigenvalue weighted by molar-refractivity contribution is 6.34. The Morgan fingerprint density at radius 2 is 1.40 bits per heavy atom. The summed E-state index contributed by atoms with van der Waals surface area (Å²) in [5.41, 5.74) is -1.04. The van der Waals surface area contributed by atoms with Gasteiger partial charge in [-0.15, -0.1) is 0 Å². The van der Waals surface area contributed by atoms with Crippen molar-refractivity contribution in [3.63, 3.8) is 0 Å². The van der Waals surface area contributed by atoms with Crippen LogP contribution in [0.15, 0.2) is 66.7 Å². The van der Waals surface area contributed by atoms with Crippen molar-refractivity contribution in [2.24, 2.45) is 0 Å². The molecule has 0 heterocycles. The van der Waals surface area contributed by atoms with Gasteiger partial charge >= 0.3 is 6.18 Å². The summed E-state index contributed by atoms with van der Waals surface area (Å²) in [4.78, 5) is 24.7. The largest absolute Gasteiger partial charge is 0.416 e. The minimum atomic E-state index is -4.54. The maximum Gasteiger partial charge on any atom is 0.416 e. The van der Waals surface area contributed by atoms with Crippen LogP contribution in [-0.4, -0.2) is 11.8 Å². The number of hydrogen-bond acceptors (Lipinski definition) is 2. The van der Waals surface area contributed by atoms with E-state index in [0.717, 1.165) is 18.2 Å². The summed E-state index contributed by atoms with van der Waals surface area (Å²) in [7, 11) is 0. The number of carbonyl (C=O) groups is 2. The van der Waals surface area contributed by atoms with E-state index >= 15 is 0 Å². The number of benzene rings is 3. The monoisotopic (exact) mass is 436 g/mol. The highest BCUT2D eigenvalue weighted by Gasteiger charge is 2.30. The van der Waals surface area contributed by atoms with E-state index < -0.39 is 29.4 Å². The Balaban J connectivity index is 1.77. The Kier molecular flexibility index (Phi) is 6.07. The number of alkyl halides is 3. The second-order valence-electron chi connectivity index (χ2n) is 6.16. The van der Waals surface area contributed by atoms with Crippen LogP contribution >= 0.6 is 11.6 Å². The molecule has 4 nitrogen and oxygen atoms in total. The van der Waals surface area contributed by atoms with Crippen molar-refractivity contribution in [2.45, 2.75) is 6.18 Å². The van der Waals surface area contributed by atoms with Crippen molar-refractivity contribution in [1.82, 2.24) is 0 Å². The van der Waals surface area contributed by atoms with E-state index in [2.05, 4.69) is 10.6 Å². The van der Waals surface area contributed by atoms with Crippen LogP contribution in [0.2, 0.25) is 5.02 Å². The molecular weight excluding hydrogens is 424 g/mol. The second-order valence-corrected chi connectivity index (χ2v) is 6.57. The molecule has 0 radical (unpaired) electrons. The maximum absolute atomic E-state index is 13.9. The van der Waals surface area contributed by atoms with Gasteiger partial charge in [0.1, 0.15) is 5.82 Å². The number of anilines is 2. The van der Waals surface area contributed by atoms with Gasteiger partial charge in [0.05, 0.1) is 16.1 Å². The molecule has 9 heteroatoms. The molecule has 0 aromatic heterocycles. The minimum absolute atomic E-state index is 0.0394. The minimum Gasteiger partial charge on any atom is -0.322 e. The van der Waals surface area contributed by atoms with Gasteiger partial charge in [0.15, 0.2) is 0 Å². The lowest BCUT2D eigenvalue weighted by Gasteiger charge is -2.11. The molecule has 30 heavy (non-hydrogen) atoms. The smallest absolute Gasteiger partial charge is 0.322 e. The average Bonchev–Trinajstić information content (AvgIpc) is 2.67. The Hall–Kier alpha value is -3.39. The van der Waals surface area contributed by atoms with Gasteiger partial charge in [-0.2, -0.15) is 13.2 Å². The molecule has 3 rings (SSSR count). The number of rotatable bonds is 4. The zero-order chi connectivity index (χ0) is 21.9. The molecule has 0 fully saturated rings. The fourth-order valence-corrected chi connectivity index (χ4v) is 2.87. The van der Waals surface area contributed by atoms with Crippen molar-refractivity contribution in [3.8, 4) is 0 Å². The molecule has 0 aliphatic heterocycles. The molecule has 0 aliphatic rings. The summed E-state index contributed by atoms with van der Waals surface area (Å²) in [6.45, 7) is 0. The van der Waals surface area contributed by atoms with Gasteiger partial charge in [-0.05, 0) is 48.5 Å². The molecule has 0 bridgehead atoms. The third-order valence-electron chi connectivity index (χ3n) is 4.02. The van der Waals surface area contributed by atoms with Crippen molar-refractivity contribution in [3.05, 3.63) is 94.3 Å². The number of hydrogen-bond donors (Lipinski definition) is 2. The van der Waals surface area contributed by atoms with Gasteiger partial charge in [-0.25, -0.2) is 4.39 Å². The van der Waals surface area contributed by atoms with Gasteiger partial charge in [-0.1, -0.05) is 29.8 Å². The van der Waals surface area contributed by atoms with E-state index in [1.807, 2.05) is 0 Å². The summed E-state index contributed by atoms with van der Waals surface area (Å²) in [6.07, 6.45) is -4.54. The van der Waals surface area contributed by atoms with Crippen LogP contribution in [0.1, 0.15) is 26.3 Å². The Labute approximate surface area is 173 Å². The first-order valence-electron chi connectivity index (χ1n) is 8.49. The first-order valence-corrected chi connectivity index (χ1v) is 8.87. The number of halogens is 5. The van der Waals surface area contributed by atoms with E-state index in [1.54, 1.807) is 0 Å². The molecule has 0 aliphatic carbocycles. The van der Waals surface area contributed by atoms with E-state index in [1.165, 1.54) is 48.5 Å². The lowest BCUT2D eigenvalue weighted by Crippen LogP contribution is -2.16. The maximum atomic E-state index is 13.9. The summed E-state index contributed by atoms with van der Waals surface area (Å²) < 4.78 is 52.3. The lowest BCUT2D eigenvalue weighted by atomic mass is 10.1. The standard InChI is InChI=1S/C21H13ClF4N2O2/c22-16-8-3-9-17(23)18(16)20(30)28-14-6-1-4-12(10-14)19(29)27-15-7-2-5-13(11-15)21(24,25)26/h1-11H,(H,27,29)(H,28,30). The average molecular weight is 437 g/mol. The molecule has 0 unspecified atom stereocenters. The summed E-state index contributed by atoms with van der Waals surface area (Å²) in [6, 6.07) is 13.6. The van der Waals surface area contributed by atoms with Gasteiger partial charge in [0.2, 0.25) is 0 Å². The Bertz CT molecular complexity index is 1100. The Morgan fingerprint density at radius 1 is 0.800 bits per heavy atom. The van der Waals surface area contributed by atoms with Gasteiger partial charge in [0.25, 0.3) is 11.8 Å². The second kappa shape index (κ2) is 8.54. The highest BCUT2D eigenvalue weighted by atomic mass is 35.5. The van der Waals surface area contributed by atoms with E-state index in [4.69, 9.17) is 11.6 Å². The van der Waals surface area contributed by atoms with Crippen LogP contribution < -0.4 is 10.6 Å². The van der Waals surface area contributed by atoms with Gasteiger partial charge in [0, 0.05) is 16.9 Å². The zero-order valence-electron chi connectivity index (χ0n) is 15.1. The molecule has 0 spiro atoms. The van der Waals surface area contributed by atoms with Crippen LogP contribution in [0, 0.1) is 5.82 Å². The topological polar surface area (TPSA) is 58.2 Å². The number of nitrogens with one attached hydrogen (secondary N) is 2. The summed E-state index contributed by atoms with van der Waals surface area (Å²) in [5.74, 6) is -2.30. The SMILES string of the molecule is O=C(Nc1cccc(C(F)(F)F)c1)c1cccc(NC(=O)c2c(F)cccc2Cl)c1. The van der Waals surface area contributed by atoms with Crippen LogP contribution in [0.5, 0.6) is 0 Å². The zero-order valence-corrected chi connectivity index (χ0v) is 15.8. The third-order valence-corrected chi connectivity index (χ3v) is 4.34. The molecule has 2 N–H and O–H groups in total. The molecule has 3 aromatic carbocycles. The van der Waals surface area contributed by atoms with Crippen LogP contribution in [0.25, 0.3) is 0 Å². The van der Waals surface area contributed by atoms with Crippen molar-refractivity contribution in [2.75, 3.05) is 10.6 Å². The molecule has 0 atom stereocenters. The van der Waals surface area contributed by atoms with E-state index in [-0.39, 0.29) is 27.5 Å². The van der Waals surface area contributed by atoms with Crippen LogP contribution in [0.3, 0.4) is 0 Å². The van der Waals surface area contributed by atoms with Crippen molar-refractivity contribution >= 4 is 34.8 Å². The van der Waals surface area contributed by atoms with Gasteiger partial charge < -0.3 is 10.6 Å². The quantitative estimate of drug-likeness (QED) is 0.493. The van der Waals surface area contributed by atoms with Gasteiger partial charge in [-0.3, -0.25) is 9.59 Å². The summed E-state index contributed by atoms with van der Waals surface area (Å²) in [5, 5.41) is 4.73. The van der Waals surface area contributed by atoms with Crippen LogP contribution in [0.4, 0.5) is 28.9 Å². The van der Waals surface area contributed by atoms with Crippen molar-refractivity contribution in [1.29, 1.82) is 0 Å².